The summed E-state index contributed by atoms with van der Waals surface area (Å²) in [4.78, 5) is 13.1. The Morgan fingerprint density at radius 3 is 2.58 bits per heavy atom. The van der Waals surface area contributed by atoms with Crippen molar-refractivity contribution in [2.24, 2.45) is 0 Å². The standard InChI is InChI=1S/C9H18BrNO/c1-3-4-8-11(2)9(12)6-5-7-10/h3-8H2,1-2H3. The first-order valence-corrected chi connectivity index (χ1v) is 5.64. The van der Waals surface area contributed by atoms with E-state index in [2.05, 4.69) is 22.9 Å². The van der Waals surface area contributed by atoms with Gasteiger partial charge in [0.15, 0.2) is 0 Å². The lowest BCUT2D eigenvalue weighted by molar-refractivity contribution is -0.129. The summed E-state index contributed by atoms with van der Waals surface area (Å²) in [6.07, 6.45) is 3.87. The van der Waals surface area contributed by atoms with Gasteiger partial charge in [0.2, 0.25) is 5.91 Å². The Morgan fingerprint density at radius 2 is 2.08 bits per heavy atom. The summed E-state index contributed by atoms with van der Waals surface area (Å²) in [7, 11) is 1.88. The third kappa shape index (κ3) is 5.58. The molecule has 0 saturated carbocycles. The van der Waals surface area contributed by atoms with Gasteiger partial charge in [-0.15, -0.1) is 0 Å². The van der Waals surface area contributed by atoms with Crippen molar-refractivity contribution in [3.8, 4) is 0 Å². The Labute approximate surface area is 83.4 Å². The fraction of sp³-hybridized carbons (Fsp3) is 0.889. The topological polar surface area (TPSA) is 20.3 Å². The lowest BCUT2D eigenvalue weighted by Gasteiger charge is -2.15. The Balaban J connectivity index is 3.47. The molecule has 0 heterocycles. The summed E-state index contributed by atoms with van der Waals surface area (Å²) in [6.45, 7) is 3.04. The Hall–Kier alpha value is -0.0500. The fourth-order valence-corrected chi connectivity index (χ4v) is 1.21. The van der Waals surface area contributed by atoms with E-state index in [1.165, 1.54) is 0 Å². The van der Waals surface area contributed by atoms with Gasteiger partial charge < -0.3 is 4.90 Å². The Kier molecular flexibility index (Phi) is 7.56. The lowest BCUT2D eigenvalue weighted by Crippen LogP contribution is -2.27. The van der Waals surface area contributed by atoms with E-state index >= 15 is 0 Å². The van der Waals surface area contributed by atoms with Gasteiger partial charge in [0.1, 0.15) is 0 Å². The van der Waals surface area contributed by atoms with Crippen LogP contribution in [0.3, 0.4) is 0 Å². The molecule has 0 radical (unpaired) electrons. The summed E-state index contributed by atoms with van der Waals surface area (Å²) in [5, 5.41) is 0.917. The van der Waals surface area contributed by atoms with Crippen molar-refractivity contribution in [3.63, 3.8) is 0 Å². The molecular weight excluding hydrogens is 218 g/mol. The van der Waals surface area contributed by atoms with Gasteiger partial charge in [0.05, 0.1) is 0 Å². The quantitative estimate of drug-likeness (QED) is 0.648. The molecule has 0 rings (SSSR count). The maximum atomic E-state index is 11.3. The van der Waals surface area contributed by atoms with Crippen molar-refractivity contribution >= 4 is 21.8 Å². The van der Waals surface area contributed by atoms with Crippen LogP contribution in [0.4, 0.5) is 0 Å². The highest BCUT2D eigenvalue weighted by Gasteiger charge is 2.05. The number of rotatable bonds is 6. The number of carbonyl (C=O) groups is 1. The molecule has 0 aromatic heterocycles. The third-order valence-corrected chi connectivity index (χ3v) is 2.36. The Bertz CT molecular complexity index is 128. The maximum absolute atomic E-state index is 11.3. The predicted octanol–water partition coefficient (Wildman–Crippen LogP) is 2.42. The average molecular weight is 236 g/mol. The SMILES string of the molecule is CCCCN(C)C(=O)CCCBr. The fourth-order valence-electron chi connectivity index (χ4n) is 0.929. The molecule has 0 spiro atoms. The molecule has 0 atom stereocenters. The second-order valence-corrected chi connectivity index (χ2v) is 3.75. The number of hydrogen-bond acceptors (Lipinski definition) is 1. The molecule has 0 aliphatic carbocycles. The van der Waals surface area contributed by atoms with Crippen LogP contribution >= 0.6 is 15.9 Å². The van der Waals surface area contributed by atoms with E-state index in [0.717, 1.165) is 31.1 Å². The average Bonchev–Trinajstić information content (AvgIpc) is 2.10. The zero-order valence-electron chi connectivity index (χ0n) is 7.98. The smallest absolute Gasteiger partial charge is 0.222 e. The van der Waals surface area contributed by atoms with Crippen molar-refractivity contribution in [3.05, 3.63) is 0 Å². The molecule has 0 aliphatic rings. The largest absolute Gasteiger partial charge is 0.346 e. The third-order valence-electron chi connectivity index (χ3n) is 1.80. The van der Waals surface area contributed by atoms with E-state index < -0.39 is 0 Å². The van der Waals surface area contributed by atoms with Gasteiger partial charge in [0, 0.05) is 25.3 Å². The van der Waals surface area contributed by atoms with E-state index in [0.29, 0.717) is 6.42 Å². The van der Waals surface area contributed by atoms with E-state index in [1.807, 2.05) is 11.9 Å². The number of halogens is 1. The molecule has 0 aliphatic heterocycles. The second-order valence-electron chi connectivity index (χ2n) is 2.96. The van der Waals surface area contributed by atoms with Gasteiger partial charge >= 0.3 is 0 Å². The molecule has 0 bridgehead atoms. The predicted molar refractivity (Wildman–Crippen MR) is 55.6 cm³/mol. The first-order valence-electron chi connectivity index (χ1n) is 4.52. The minimum Gasteiger partial charge on any atom is -0.346 e. The van der Waals surface area contributed by atoms with Gasteiger partial charge in [-0.3, -0.25) is 4.79 Å². The molecule has 0 saturated heterocycles. The highest BCUT2D eigenvalue weighted by Crippen LogP contribution is 2.00. The number of unbranched alkanes of at least 4 members (excludes halogenated alkanes) is 1. The van der Waals surface area contributed by atoms with Gasteiger partial charge in [-0.05, 0) is 12.8 Å². The zero-order chi connectivity index (χ0) is 9.40. The number of carbonyl (C=O) groups excluding carboxylic acids is 1. The minimum absolute atomic E-state index is 0.267. The molecule has 0 fully saturated rings. The molecule has 3 heteroatoms. The summed E-state index contributed by atoms with van der Waals surface area (Å²) >= 11 is 3.31. The number of amides is 1. The maximum Gasteiger partial charge on any atom is 0.222 e. The zero-order valence-corrected chi connectivity index (χ0v) is 9.56. The summed E-state index contributed by atoms with van der Waals surface area (Å²) < 4.78 is 0. The number of alkyl halides is 1. The van der Waals surface area contributed by atoms with Gasteiger partial charge in [0.25, 0.3) is 0 Å². The lowest BCUT2D eigenvalue weighted by atomic mass is 10.3. The van der Waals surface area contributed by atoms with Crippen molar-refractivity contribution in [2.45, 2.75) is 32.6 Å². The first-order chi connectivity index (χ1) is 5.72. The van der Waals surface area contributed by atoms with Crippen LogP contribution in [0.5, 0.6) is 0 Å². The molecule has 0 aromatic carbocycles. The number of hydrogen-bond donors (Lipinski definition) is 0. The van der Waals surface area contributed by atoms with Crippen LogP contribution in [0, 0.1) is 0 Å². The van der Waals surface area contributed by atoms with Gasteiger partial charge in [-0.1, -0.05) is 29.3 Å². The minimum atomic E-state index is 0.267. The van der Waals surface area contributed by atoms with Crippen LogP contribution in [0.2, 0.25) is 0 Å². The molecule has 1 amide bonds. The molecule has 2 nitrogen and oxygen atoms in total. The summed E-state index contributed by atoms with van der Waals surface area (Å²) in [5.74, 6) is 0.267. The molecular formula is C9H18BrNO. The van der Waals surface area contributed by atoms with Crippen LogP contribution in [0.15, 0.2) is 0 Å². The van der Waals surface area contributed by atoms with E-state index in [4.69, 9.17) is 0 Å². The molecule has 0 unspecified atom stereocenters. The van der Waals surface area contributed by atoms with E-state index in [-0.39, 0.29) is 5.91 Å². The van der Waals surface area contributed by atoms with Crippen molar-refractivity contribution in [2.75, 3.05) is 18.9 Å². The van der Waals surface area contributed by atoms with E-state index in [1.54, 1.807) is 0 Å². The van der Waals surface area contributed by atoms with Crippen LogP contribution < -0.4 is 0 Å². The molecule has 12 heavy (non-hydrogen) atoms. The Morgan fingerprint density at radius 1 is 1.42 bits per heavy atom. The van der Waals surface area contributed by atoms with Crippen molar-refractivity contribution in [1.82, 2.24) is 4.90 Å². The van der Waals surface area contributed by atoms with Crippen molar-refractivity contribution < 1.29 is 4.79 Å². The van der Waals surface area contributed by atoms with Crippen LogP contribution in [-0.4, -0.2) is 29.7 Å². The highest BCUT2D eigenvalue weighted by molar-refractivity contribution is 9.09. The molecule has 72 valence electrons. The molecule has 0 aromatic rings. The van der Waals surface area contributed by atoms with Crippen LogP contribution in [0.25, 0.3) is 0 Å². The number of nitrogens with zero attached hydrogens (tertiary/aromatic N) is 1. The summed E-state index contributed by atoms with van der Waals surface area (Å²) in [6, 6.07) is 0. The van der Waals surface area contributed by atoms with Gasteiger partial charge in [-0.2, -0.15) is 0 Å². The second kappa shape index (κ2) is 7.59. The normalized spacial score (nSPS) is 9.92. The van der Waals surface area contributed by atoms with E-state index in [9.17, 15) is 4.79 Å². The van der Waals surface area contributed by atoms with Crippen LogP contribution in [0.1, 0.15) is 32.6 Å². The van der Waals surface area contributed by atoms with Crippen molar-refractivity contribution in [1.29, 1.82) is 0 Å². The monoisotopic (exact) mass is 235 g/mol. The molecule has 0 N–H and O–H groups in total. The summed E-state index contributed by atoms with van der Waals surface area (Å²) in [5.41, 5.74) is 0. The van der Waals surface area contributed by atoms with Gasteiger partial charge in [-0.25, -0.2) is 0 Å². The highest BCUT2D eigenvalue weighted by atomic mass is 79.9. The first kappa shape index (κ1) is 11.9. The van der Waals surface area contributed by atoms with Crippen LogP contribution in [-0.2, 0) is 4.79 Å².